The van der Waals surface area contributed by atoms with Gasteiger partial charge >= 0.3 is 0 Å². The van der Waals surface area contributed by atoms with Gasteiger partial charge in [-0.1, -0.05) is 6.42 Å². The van der Waals surface area contributed by atoms with E-state index in [0.29, 0.717) is 12.8 Å². The molecule has 0 amide bonds. The average molecular weight is 207 g/mol. The second-order valence-corrected chi connectivity index (χ2v) is 4.26. The van der Waals surface area contributed by atoms with E-state index in [4.69, 9.17) is 0 Å². The summed E-state index contributed by atoms with van der Waals surface area (Å²) in [6, 6.07) is -1.04. The molecule has 1 aliphatic carbocycles. The third kappa shape index (κ3) is 2.89. The van der Waals surface area contributed by atoms with Gasteiger partial charge in [0.05, 0.1) is 12.1 Å². The Morgan fingerprint density at radius 1 is 1.36 bits per heavy atom. The van der Waals surface area contributed by atoms with Crippen LogP contribution >= 0.6 is 0 Å². The molecule has 0 aromatic rings. The number of aliphatic hydroxyl groups excluding tert-OH is 1. The summed E-state index contributed by atoms with van der Waals surface area (Å²) in [4.78, 5) is 0. The van der Waals surface area contributed by atoms with E-state index in [1.807, 2.05) is 0 Å². The molecule has 0 saturated heterocycles. The summed E-state index contributed by atoms with van der Waals surface area (Å²) < 4.78 is 26.7. The van der Waals surface area contributed by atoms with Crippen LogP contribution in [0.3, 0.4) is 0 Å². The Morgan fingerprint density at radius 3 is 2.50 bits per heavy atom. The molecule has 0 aliphatic heterocycles. The molecule has 1 rings (SSSR count). The second kappa shape index (κ2) is 4.53. The first-order valence-electron chi connectivity index (χ1n) is 5.25. The molecule has 3 atom stereocenters. The largest absolute Gasteiger partial charge is 0.392 e. The quantitative estimate of drug-likeness (QED) is 0.741. The smallest absolute Gasteiger partial charge is 0.263 e. The molecule has 3 unspecified atom stereocenters. The topological polar surface area (TPSA) is 32.3 Å². The van der Waals surface area contributed by atoms with Gasteiger partial charge in [-0.2, -0.15) is 0 Å². The predicted octanol–water partition coefficient (Wildman–Crippen LogP) is 1.92. The highest BCUT2D eigenvalue weighted by Crippen LogP contribution is 2.33. The summed E-state index contributed by atoms with van der Waals surface area (Å²) in [6.07, 6.45) is 1.34. The van der Waals surface area contributed by atoms with Gasteiger partial charge in [-0.3, -0.25) is 0 Å². The fourth-order valence-corrected chi connectivity index (χ4v) is 1.76. The summed E-state index contributed by atoms with van der Waals surface area (Å²) in [6.45, 7) is 3.34. The molecule has 0 bridgehead atoms. The van der Waals surface area contributed by atoms with Crippen molar-refractivity contribution in [2.75, 3.05) is 0 Å². The zero-order valence-electron chi connectivity index (χ0n) is 8.76. The first kappa shape index (κ1) is 11.9. The molecular formula is C10H19F2NO. The van der Waals surface area contributed by atoms with Crippen molar-refractivity contribution in [1.82, 2.24) is 5.32 Å². The molecule has 0 radical (unpaired) electrons. The Balaban J connectivity index is 2.49. The monoisotopic (exact) mass is 207 g/mol. The number of alkyl halides is 2. The van der Waals surface area contributed by atoms with Crippen LogP contribution in [-0.2, 0) is 0 Å². The molecule has 0 aromatic heterocycles. The van der Waals surface area contributed by atoms with Crippen LogP contribution < -0.4 is 5.32 Å². The Hall–Kier alpha value is -0.220. The maximum absolute atomic E-state index is 13.3. The SMILES string of the molecule is CC(O)C(C)NC1CCCCC1(F)F. The molecule has 1 fully saturated rings. The third-order valence-electron chi connectivity index (χ3n) is 2.95. The summed E-state index contributed by atoms with van der Waals surface area (Å²) in [7, 11) is 0. The average Bonchev–Trinajstić information content (AvgIpc) is 2.08. The van der Waals surface area contributed by atoms with Crippen LogP contribution in [0.1, 0.15) is 39.5 Å². The summed E-state index contributed by atoms with van der Waals surface area (Å²) in [5, 5.41) is 12.0. The molecule has 4 heteroatoms. The minimum atomic E-state index is -2.61. The van der Waals surface area contributed by atoms with Crippen LogP contribution in [0.4, 0.5) is 8.78 Å². The van der Waals surface area contributed by atoms with Crippen molar-refractivity contribution in [2.24, 2.45) is 0 Å². The van der Waals surface area contributed by atoms with Gasteiger partial charge in [-0.15, -0.1) is 0 Å². The molecule has 2 N–H and O–H groups in total. The van der Waals surface area contributed by atoms with E-state index in [1.54, 1.807) is 13.8 Å². The van der Waals surface area contributed by atoms with E-state index in [9.17, 15) is 13.9 Å². The molecule has 0 aromatic carbocycles. The molecule has 2 nitrogen and oxygen atoms in total. The second-order valence-electron chi connectivity index (χ2n) is 4.26. The van der Waals surface area contributed by atoms with Crippen molar-refractivity contribution in [3.05, 3.63) is 0 Å². The van der Waals surface area contributed by atoms with Crippen molar-refractivity contribution in [3.8, 4) is 0 Å². The number of halogens is 2. The molecule has 1 aliphatic rings. The van der Waals surface area contributed by atoms with Gasteiger partial charge in [0.2, 0.25) is 0 Å². The number of nitrogens with one attached hydrogen (secondary N) is 1. The van der Waals surface area contributed by atoms with E-state index < -0.39 is 18.1 Å². The van der Waals surface area contributed by atoms with Gasteiger partial charge in [-0.25, -0.2) is 8.78 Å². The van der Waals surface area contributed by atoms with E-state index in [1.165, 1.54) is 0 Å². The van der Waals surface area contributed by atoms with E-state index >= 15 is 0 Å². The van der Waals surface area contributed by atoms with E-state index in [2.05, 4.69) is 5.32 Å². The third-order valence-corrected chi connectivity index (χ3v) is 2.95. The highest BCUT2D eigenvalue weighted by molar-refractivity contribution is 4.89. The first-order chi connectivity index (χ1) is 6.43. The van der Waals surface area contributed by atoms with Crippen LogP contribution in [0.2, 0.25) is 0 Å². The van der Waals surface area contributed by atoms with Crippen molar-refractivity contribution >= 4 is 0 Å². The highest BCUT2D eigenvalue weighted by atomic mass is 19.3. The van der Waals surface area contributed by atoms with Crippen LogP contribution in [-0.4, -0.2) is 29.2 Å². The number of aliphatic hydroxyl groups is 1. The van der Waals surface area contributed by atoms with Gasteiger partial charge in [-0.05, 0) is 26.7 Å². The molecule has 0 heterocycles. The molecule has 14 heavy (non-hydrogen) atoms. The van der Waals surface area contributed by atoms with Crippen LogP contribution in [0.5, 0.6) is 0 Å². The lowest BCUT2D eigenvalue weighted by atomic mass is 9.91. The minimum absolute atomic E-state index is 0.0306. The fraction of sp³-hybridized carbons (Fsp3) is 1.00. The van der Waals surface area contributed by atoms with E-state index in [-0.39, 0.29) is 12.5 Å². The maximum atomic E-state index is 13.3. The summed E-state index contributed by atoms with van der Waals surface area (Å²) >= 11 is 0. The van der Waals surface area contributed by atoms with Gasteiger partial charge in [0, 0.05) is 12.5 Å². The first-order valence-corrected chi connectivity index (χ1v) is 5.25. The van der Waals surface area contributed by atoms with Gasteiger partial charge < -0.3 is 10.4 Å². The lowest BCUT2D eigenvalue weighted by Gasteiger charge is -2.34. The zero-order chi connectivity index (χ0) is 10.8. The fourth-order valence-electron chi connectivity index (χ4n) is 1.76. The number of hydrogen-bond donors (Lipinski definition) is 2. The van der Waals surface area contributed by atoms with Crippen molar-refractivity contribution in [3.63, 3.8) is 0 Å². The van der Waals surface area contributed by atoms with Gasteiger partial charge in [0.25, 0.3) is 5.92 Å². The lowest BCUT2D eigenvalue weighted by molar-refractivity contribution is -0.0698. The lowest BCUT2D eigenvalue weighted by Crippen LogP contribution is -2.52. The molecule has 0 spiro atoms. The maximum Gasteiger partial charge on any atom is 0.263 e. The Bertz CT molecular complexity index is 185. The van der Waals surface area contributed by atoms with Crippen LogP contribution in [0.25, 0.3) is 0 Å². The predicted molar refractivity (Wildman–Crippen MR) is 51.5 cm³/mol. The molecule has 84 valence electrons. The normalized spacial score (nSPS) is 31.1. The van der Waals surface area contributed by atoms with Crippen LogP contribution in [0.15, 0.2) is 0 Å². The zero-order valence-corrected chi connectivity index (χ0v) is 8.76. The Morgan fingerprint density at radius 2 is 2.00 bits per heavy atom. The molecule has 1 saturated carbocycles. The van der Waals surface area contributed by atoms with Crippen molar-refractivity contribution < 1.29 is 13.9 Å². The van der Waals surface area contributed by atoms with Gasteiger partial charge in [0.15, 0.2) is 0 Å². The van der Waals surface area contributed by atoms with Crippen LogP contribution in [0, 0.1) is 0 Å². The van der Waals surface area contributed by atoms with Crippen molar-refractivity contribution in [2.45, 2.75) is 63.6 Å². The standard InChI is InChI=1S/C10H19F2NO/c1-7(8(2)14)13-9-5-3-4-6-10(9,11)12/h7-9,13-14H,3-6H2,1-2H3. The van der Waals surface area contributed by atoms with Gasteiger partial charge in [0.1, 0.15) is 0 Å². The Kier molecular flexibility index (Phi) is 3.84. The van der Waals surface area contributed by atoms with Crippen molar-refractivity contribution in [1.29, 1.82) is 0 Å². The number of rotatable bonds is 3. The highest BCUT2D eigenvalue weighted by Gasteiger charge is 2.41. The Labute approximate surface area is 83.7 Å². The van der Waals surface area contributed by atoms with E-state index in [0.717, 1.165) is 6.42 Å². The number of hydrogen-bond acceptors (Lipinski definition) is 2. The minimum Gasteiger partial charge on any atom is -0.392 e. The molecular weight excluding hydrogens is 188 g/mol. The summed E-state index contributed by atoms with van der Waals surface area (Å²) in [5.74, 6) is -2.61. The summed E-state index contributed by atoms with van der Waals surface area (Å²) in [5.41, 5.74) is 0.